The lowest BCUT2D eigenvalue weighted by Crippen LogP contribution is -2.12. The Morgan fingerprint density at radius 1 is 1.12 bits per heavy atom. The number of anilines is 3. The van der Waals surface area contributed by atoms with Crippen LogP contribution in [0.1, 0.15) is 21.7 Å². The summed E-state index contributed by atoms with van der Waals surface area (Å²) in [5.41, 5.74) is 2.28. The SMILES string of the molecule is Cc1cc(Nc2cc(C(=O)Nc3ccc(Br)c(C)c3)ccn2)no1. The van der Waals surface area contributed by atoms with Crippen molar-refractivity contribution in [2.24, 2.45) is 0 Å². The summed E-state index contributed by atoms with van der Waals surface area (Å²) in [4.78, 5) is 16.6. The van der Waals surface area contributed by atoms with Gasteiger partial charge in [-0.25, -0.2) is 4.98 Å². The van der Waals surface area contributed by atoms with Gasteiger partial charge in [0.05, 0.1) is 0 Å². The molecule has 7 heteroatoms. The van der Waals surface area contributed by atoms with Crippen LogP contribution in [0.4, 0.5) is 17.3 Å². The molecule has 6 nitrogen and oxygen atoms in total. The average Bonchev–Trinajstić information content (AvgIpc) is 2.96. The minimum atomic E-state index is -0.210. The molecule has 1 aromatic carbocycles. The van der Waals surface area contributed by atoms with E-state index in [9.17, 15) is 4.79 Å². The molecule has 1 amide bonds. The van der Waals surface area contributed by atoms with Gasteiger partial charge in [-0.15, -0.1) is 0 Å². The van der Waals surface area contributed by atoms with E-state index in [1.807, 2.05) is 25.1 Å². The van der Waals surface area contributed by atoms with E-state index < -0.39 is 0 Å². The Balaban J connectivity index is 1.75. The summed E-state index contributed by atoms with van der Waals surface area (Å²) in [6.45, 7) is 3.77. The van der Waals surface area contributed by atoms with E-state index in [0.717, 1.165) is 15.7 Å². The second-order valence-corrected chi connectivity index (χ2v) is 6.15. The molecule has 0 aliphatic carbocycles. The minimum Gasteiger partial charge on any atom is -0.360 e. The Bertz CT molecular complexity index is 892. The molecule has 0 unspecified atom stereocenters. The average molecular weight is 387 g/mol. The molecule has 0 bridgehead atoms. The zero-order valence-electron chi connectivity index (χ0n) is 13.1. The van der Waals surface area contributed by atoms with Gasteiger partial charge >= 0.3 is 0 Å². The first-order chi connectivity index (χ1) is 11.5. The molecular weight excluding hydrogens is 372 g/mol. The minimum absolute atomic E-state index is 0.210. The van der Waals surface area contributed by atoms with E-state index in [1.165, 1.54) is 0 Å². The molecule has 0 radical (unpaired) electrons. The van der Waals surface area contributed by atoms with Gasteiger partial charge in [0, 0.05) is 28.0 Å². The summed E-state index contributed by atoms with van der Waals surface area (Å²) >= 11 is 3.44. The number of pyridine rings is 1. The maximum Gasteiger partial charge on any atom is 0.255 e. The van der Waals surface area contributed by atoms with Crippen molar-refractivity contribution in [3.63, 3.8) is 0 Å². The Hall–Kier alpha value is -2.67. The number of carbonyl (C=O) groups is 1. The van der Waals surface area contributed by atoms with Crippen molar-refractivity contribution in [1.82, 2.24) is 10.1 Å². The summed E-state index contributed by atoms with van der Waals surface area (Å²) in [6, 6.07) is 10.7. The van der Waals surface area contributed by atoms with Crippen LogP contribution in [0.2, 0.25) is 0 Å². The van der Waals surface area contributed by atoms with Crippen LogP contribution in [0.25, 0.3) is 0 Å². The number of benzene rings is 1. The van der Waals surface area contributed by atoms with Crippen molar-refractivity contribution in [2.45, 2.75) is 13.8 Å². The van der Waals surface area contributed by atoms with Crippen molar-refractivity contribution in [3.05, 3.63) is 64.0 Å². The summed E-state index contributed by atoms with van der Waals surface area (Å²) in [5, 5.41) is 9.71. The third-order valence-corrected chi connectivity index (χ3v) is 4.21. The van der Waals surface area contributed by atoms with E-state index in [-0.39, 0.29) is 5.91 Å². The zero-order chi connectivity index (χ0) is 17.1. The molecule has 0 aliphatic heterocycles. The van der Waals surface area contributed by atoms with Crippen LogP contribution < -0.4 is 10.6 Å². The highest BCUT2D eigenvalue weighted by atomic mass is 79.9. The van der Waals surface area contributed by atoms with Crippen LogP contribution in [0.15, 0.2) is 51.6 Å². The van der Waals surface area contributed by atoms with Crippen molar-refractivity contribution < 1.29 is 9.32 Å². The molecule has 3 rings (SSSR count). The maximum absolute atomic E-state index is 12.4. The summed E-state index contributed by atoms with van der Waals surface area (Å²) in [5.74, 6) is 1.54. The monoisotopic (exact) mass is 386 g/mol. The Labute approximate surface area is 147 Å². The molecule has 0 aliphatic rings. The molecule has 2 heterocycles. The van der Waals surface area contributed by atoms with Gasteiger partial charge in [-0.3, -0.25) is 4.79 Å². The van der Waals surface area contributed by atoms with Crippen LogP contribution in [0.5, 0.6) is 0 Å². The first-order valence-corrected chi connectivity index (χ1v) is 8.04. The fourth-order valence-electron chi connectivity index (χ4n) is 2.12. The van der Waals surface area contributed by atoms with Gasteiger partial charge in [0.15, 0.2) is 5.82 Å². The number of amides is 1. The largest absolute Gasteiger partial charge is 0.360 e. The Morgan fingerprint density at radius 3 is 2.67 bits per heavy atom. The van der Waals surface area contributed by atoms with Crippen molar-refractivity contribution in [1.29, 1.82) is 0 Å². The fraction of sp³-hybridized carbons (Fsp3) is 0.118. The van der Waals surface area contributed by atoms with Gasteiger partial charge in [0.2, 0.25) is 0 Å². The van der Waals surface area contributed by atoms with E-state index in [4.69, 9.17) is 4.52 Å². The maximum atomic E-state index is 12.4. The predicted molar refractivity (Wildman–Crippen MR) is 95.6 cm³/mol. The first kappa shape index (κ1) is 16.2. The number of halogens is 1. The third kappa shape index (κ3) is 3.80. The standard InChI is InChI=1S/C17H15BrN4O2/c1-10-7-13(3-4-14(10)18)20-17(23)12-5-6-19-15(9-12)21-16-8-11(2)24-22-16/h3-9H,1-2H3,(H,20,23)(H,19,21,22). The highest BCUT2D eigenvalue weighted by Gasteiger charge is 2.09. The molecule has 0 atom stereocenters. The number of nitrogens with one attached hydrogen (secondary N) is 2. The number of rotatable bonds is 4. The van der Waals surface area contributed by atoms with Gasteiger partial charge < -0.3 is 15.2 Å². The number of hydrogen-bond donors (Lipinski definition) is 2. The summed E-state index contributed by atoms with van der Waals surface area (Å²) in [7, 11) is 0. The Kier molecular flexibility index (Phi) is 4.61. The van der Waals surface area contributed by atoms with Crippen LogP contribution in [-0.4, -0.2) is 16.0 Å². The lowest BCUT2D eigenvalue weighted by atomic mass is 10.2. The number of carbonyl (C=O) groups excluding carboxylic acids is 1. The van der Waals surface area contributed by atoms with Gasteiger partial charge in [0.1, 0.15) is 11.6 Å². The molecule has 0 spiro atoms. The molecule has 0 fully saturated rings. The summed E-state index contributed by atoms with van der Waals surface area (Å²) in [6.07, 6.45) is 1.57. The highest BCUT2D eigenvalue weighted by molar-refractivity contribution is 9.10. The van der Waals surface area contributed by atoms with Crippen molar-refractivity contribution in [3.8, 4) is 0 Å². The smallest absolute Gasteiger partial charge is 0.255 e. The topological polar surface area (TPSA) is 80.0 Å². The lowest BCUT2D eigenvalue weighted by molar-refractivity contribution is 0.102. The molecule has 2 aromatic heterocycles. The van der Waals surface area contributed by atoms with Crippen LogP contribution in [0.3, 0.4) is 0 Å². The molecule has 2 N–H and O–H groups in total. The highest BCUT2D eigenvalue weighted by Crippen LogP contribution is 2.21. The number of aryl methyl sites for hydroxylation is 2. The quantitative estimate of drug-likeness (QED) is 0.692. The van der Waals surface area contributed by atoms with E-state index in [1.54, 1.807) is 31.3 Å². The van der Waals surface area contributed by atoms with Gasteiger partial charge in [0.25, 0.3) is 5.91 Å². The van der Waals surface area contributed by atoms with Crippen LogP contribution in [-0.2, 0) is 0 Å². The van der Waals surface area contributed by atoms with Gasteiger partial charge in [-0.05, 0) is 49.7 Å². The third-order valence-electron chi connectivity index (χ3n) is 3.32. The molecule has 0 saturated carbocycles. The molecular formula is C17H15BrN4O2. The van der Waals surface area contributed by atoms with E-state index >= 15 is 0 Å². The number of aromatic nitrogens is 2. The lowest BCUT2D eigenvalue weighted by Gasteiger charge is -2.08. The van der Waals surface area contributed by atoms with Crippen molar-refractivity contribution >= 4 is 39.2 Å². The number of nitrogens with zero attached hydrogens (tertiary/aromatic N) is 2. The predicted octanol–water partition coefficient (Wildman–Crippen LogP) is 4.44. The second-order valence-electron chi connectivity index (χ2n) is 5.30. The zero-order valence-corrected chi connectivity index (χ0v) is 14.7. The first-order valence-electron chi connectivity index (χ1n) is 7.25. The van der Waals surface area contributed by atoms with Crippen molar-refractivity contribution in [2.75, 3.05) is 10.6 Å². The number of hydrogen-bond acceptors (Lipinski definition) is 5. The summed E-state index contributed by atoms with van der Waals surface area (Å²) < 4.78 is 5.99. The van der Waals surface area contributed by atoms with E-state index in [2.05, 4.69) is 36.7 Å². The molecule has 24 heavy (non-hydrogen) atoms. The fourth-order valence-corrected chi connectivity index (χ4v) is 2.37. The Morgan fingerprint density at radius 2 is 1.96 bits per heavy atom. The second kappa shape index (κ2) is 6.84. The molecule has 122 valence electrons. The van der Waals surface area contributed by atoms with Crippen LogP contribution >= 0.6 is 15.9 Å². The van der Waals surface area contributed by atoms with Gasteiger partial charge in [-0.2, -0.15) is 0 Å². The van der Waals surface area contributed by atoms with Gasteiger partial charge in [-0.1, -0.05) is 21.1 Å². The molecule has 3 aromatic rings. The molecule has 0 saturated heterocycles. The van der Waals surface area contributed by atoms with Crippen LogP contribution in [0, 0.1) is 13.8 Å². The normalized spacial score (nSPS) is 10.5. The van der Waals surface area contributed by atoms with E-state index in [0.29, 0.717) is 23.0 Å².